The quantitative estimate of drug-likeness (QED) is 0.568. The van der Waals surface area contributed by atoms with E-state index in [0.717, 1.165) is 33.5 Å². The Morgan fingerprint density at radius 3 is 1.56 bits per heavy atom. The molecule has 0 aliphatic carbocycles. The molecule has 0 atom stereocenters. The van der Waals surface area contributed by atoms with Crippen LogP contribution < -0.4 is 5.46 Å². The number of rotatable bonds is 3. The molecular weight excluding hydrogens is 311 g/mol. The number of hydrogen-bond donors (Lipinski definition) is 2. The molecule has 0 aliphatic heterocycles. The van der Waals surface area contributed by atoms with Crippen LogP contribution in [0.15, 0.2) is 78.9 Å². The van der Waals surface area contributed by atoms with E-state index in [2.05, 4.69) is 0 Å². The summed E-state index contributed by atoms with van der Waals surface area (Å²) in [4.78, 5) is 9.63. The second-order valence-electron chi connectivity index (χ2n) is 5.77. The van der Waals surface area contributed by atoms with Gasteiger partial charge >= 0.3 is 7.12 Å². The van der Waals surface area contributed by atoms with E-state index in [0.29, 0.717) is 5.46 Å². The first-order valence-electron chi connectivity index (χ1n) is 8.01. The Kier molecular flexibility index (Phi) is 4.02. The van der Waals surface area contributed by atoms with Gasteiger partial charge < -0.3 is 10.0 Å². The lowest BCUT2D eigenvalue weighted by molar-refractivity contribution is 0.426. The van der Waals surface area contributed by atoms with E-state index in [4.69, 9.17) is 9.97 Å². The predicted molar refractivity (Wildman–Crippen MR) is 100 cm³/mol. The van der Waals surface area contributed by atoms with Crippen LogP contribution in [-0.4, -0.2) is 27.1 Å². The highest BCUT2D eigenvalue weighted by atomic mass is 16.4. The van der Waals surface area contributed by atoms with E-state index in [1.54, 1.807) is 12.1 Å². The van der Waals surface area contributed by atoms with E-state index in [-0.39, 0.29) is 0 Å². The van der Waals surface area contributed by atoms with Crippen LogP contribution in [-0.2, 0) is 0 Å². The SMILES string of the molecule is OB(O)c1ccc(-c2nc3ccccc3nc2-c2ccccc2)cc1. The van der Waals surface area contributed by atoms with Gasteiger partial charge in [0.15, 0.2) is 0 Å². The Morgan fingerprint density at radius 2 is 1.04 bits per heavy atom. The van der Waals surface area contributed by atoms with Crippen LogP contribution in [0.25, 0.3) is 33.5 Å². The summed E-state index contributed by atoms with van der Waals surface area (Å²) in [6.45, 7) is 0. The van der Waals surface area contributed by atoms with Crippen molar-refractivity contribution in [3.8, 4) is 22.5 Å². The minimum Gasteiger partial charge on any atom is -0.423 e. The van der Waals surface area contributed by atoms with Gasteiger partial charge in [-0.25, -0.2) is 9.97 Å². The van der Waals surface area contributed by atoms with Gasteiger partial charge in [-0.1, -0.05) is 66.7 Å². The zero-order valence-corrected chi connectivity index (χ0v) is 13.4. The fourth-order valence-corrected chi connectivity index (χ4v) is 2.81. The Hall–Kier alpha value is -3.02. The molecule has 0 unspecified atom stereocenters. The summed E-state index contributed by atoms with van der Waals surface area (Å²) in [6.07, 6.45) is 0. The van der Waals surface area contributed by atoms with Gasteiger partial charge in [0.25, 0.3) is 0 Å². The van der Waals surface area contributed by atoms with Gasteiger partial charge in [0.2, 0.25) is 0 Å². The lowest BCUT2D eigenvalue weighted by Gasteiger charge is -2.11. The van der Waals surface area contributed by atoms with Gasteiger partial charge in [0.1, 0.15) is 0 Å². The van der Waals surface area contributed by atoms with Crippen LogP contribution in [0.3, 0.4) is 0 Å². The largest absolute Gasteiger partial charge is 0.488 e. The van der Waals surface area contributed by atoms with E-state index in [1.165, 1.54) is 0 Å². The van der Waals surface area contributed by atoms with Crippen molar-refractivity contribution in [2.24, 2.45) is 0 Å². The molecule has 0 aliphatic rings. The fraction of sp³-hybridized carbons (Fsp3) is 0. The Balaban J connectivity index is 1.94. The maximum atomic E-state index is 9.29. The van der Waals surface area contributed by atoms with Crippen molar-refractivity contribution < 1.29 is 10.0 Å². The molecule has 25 heavy (non-hydrogen) atoms. The van der Waals surface area contributed by atoms with Crippen molar-refractivity contribution in [1.82, 2.24) is 9.97 Å². The van der Waals surface area contributed by atoms with Gasteiger partial charge in [-0.2, -0.15) is 0 Å². The average Bonchev–Trinajstić information content (AvgIpc) is 2.68. The molecule has 4 nitrogen and oxygen atoms in total. The minimum atomic E-state index is -1.48. The third kappa shape index (κ3) is 3.03. The molecule has 1 aromatic heterocycles. The van der Waals surface area contributed by atoms with E-state index >= 15 is 0 Å². The molecule has 4 rings (SSSR count). The molecule has 0 saturated heterocycles. The summed E-state index contributed by atoms with van der Waals surface area (Å²) in [6, 6.07) is 24.7. The molecule has 0 bridgehead atoms. The summed E-state index contributed by atoms with van der Waals surface area (Å²) in [5.74, 6) is 0. The average molecular weight is 326 g/mol. The second kappa shape index (κ2) is 6.47. The zero-order chi connectivity index (χ0) is 17.2. The summed E-state index contributed by atoms with van der Waals surface area (Å²) < 4.78 is 0. The molecule has 2 N–H and O–H groups in total. The molecule has 0 fully saturated rings. The van der Waals surface area contributed by atoms with Gasteiger partial charge in [-0.15, -0.1) is 0 Å². The molecule has 1 heterocycles. The normalized spacial score (nSPS) is 10.8. The highest BCUT2D eigenvalue weighted by molar-refractivity contribution is 6.58. The van der Waals surface area contributed by atoms with Crippen LogP contribution in [0, 0.1) is 0 Å². The maximum absolute atomic E-state index is 9.29. The van der Waals surface area contributed by atoms with Crippen molar-refractivity contribution in [2.75, 3.05) is 0 Å². The van der Waals surface area contributed by atoms with Crippen LogP contribution in [0.2, 0.25) is 0 Å². The summed E-state index contributed by atoms with van der Waals surface area (Å²) in [5.41, 5.74) is 5.54. The molecule has 3 aromatic carbocycles. The van der Waals surface area contributed by atoms with E-state index < -0.39 is 7.12 Å². The van der Waals surface area contributed by atoms with E-state index in [9.17, 15) is 10.0 Å². The Morgan fingerprint density at radius 1 is 0.560 bits per heavy atom. The zero-order valence-electron chi connectivity index (χ0n) is 13.4. The third-order valence-corrected chi connectivity index (χ3v) is 4.10. The lowest BCUT2D eigenvalue weighted by Crippen LogP contribution is -2.29. The van der Waals surface area contributed by atoms with Gasteiger partial charge in [-0.3, -0.25) is 0 Å². The highest BCUT2D eigenvalue weighted by Crippen LogP contribution is 2.30. The highest BCUT2D eigenvalue weighted by Gasteiger charge is 2.15. The van der Waals surface area contributed by atoms with Crippen molar-refractivity contribution in [3.05, 3.63) is 78.9 Å². The smallest absolute Gasteiger partial charge is 0.423 e. The van der Waals surface area contributed by atoms with Crippen molar-refractivity contribution in [1.29, 1.82) is 0 Å². The van der Waals surface area contributed by atoms with Crippen LogP contribution in [0.1, 0.15) is 0 Å². The number of para-hydroxylation sites is 2. The summed E-state index contributed by atoms with van der Waals surface area (Å²) in [7, 11) is -1.48. The second-order valence-corrected chi connectivity index (χ2v) is 5.77. The first kappa shape index (κ1) is 15.5. The molecular formula is C20H15BN2O2. The maximum Gasteiger partial charge on any atom is 0.488 e. The summed E-state index contributed by atoms with van der Waals surface area (Å²) >= 11 is 0. The molecule has 0 radical (unpaired) electrons. The number of nitrogens with zero attached hydrogens (tertiary/aromatic N) is 2. The van der Waals surface area contributed by atoms with Gasteiger partial charge in [-0.05, 0) is 17.6 Å². The van der Waals surface area contributed by atoms with E-state index in [1.807, 2.05) is 66.7 Å². The molecule has 0 spiro atoms. The standard InChI is InChI=1S/C20H15BN2O2/c24-21(25)16-12-10-15(11-13-16)20-19(14-6-2-1-3-7-14)22-17-8-4-5-9-18(17)23-20/h1-13,24-25H. The fourth-order valence-electron chi connectivity index (χ4n) is 2.81. The molecule has 0 amide bonds. The van der Waals surface area contributed by atoms with Gasteiger partial charge in [0.05, 0.1) is 22.4 Å². The monoisotopic (exact) mass is 326 g/mol. The lowest BCUT2D eigenvalue weighted by atomic mass is 9.80. The first-order valence-corrected chi connectivity index (χ1v) is 8.01. The molecule has 0 saturated carbocycles. The number of fused-ring (bicyclic) bond motifs is 1. The van der Waals surface area contributed by atoms with Crippen molar-refractivity contribution in [3.63, 3.8) is 0 Å². The first-order chi connectivity index (χ1) is 12.2. The number of hydrogen-bond acceptors (Lipinski definition) is 4. The van der Waals surface area contributed by atoms with Crippen LogP contribution in [0.4, 0.5) is 0 Å². The van der Waals surface area contributed by atoms with Gasteiger partial charge in [0, 0.05) is 11.1 Å². The molecule has 120 valence electrons. The number of aromatic nitrogens is 2. The third-order valence-electron chi connectivity index (χ3n) is 4.10. The molecule has 4 aromatic rings. The minimum absolute atomic E-state index is 0.443. The predicted octanol–water partition coefficient (Wildman–Crippen LogP) is 2.64. The van der Waals surface area contributed by atoms with Crippen molar-refractivity contribution >= 4 is 23.6 Å². The summed E-state index contributed by atoms with van der Waals surface area (Å²) in [5, 5.41) is 18.6. The van der Waals surface area contributed by atoms with Crippen LogP contribution in [0.5, 0.6) is 0 Å². The van der Waals surface area contributed by atoms with Crippen molar-refractivity contribution in [2.45, 2.75) is 0 Å². The van der Waals surface area contributed by atoms with Crippen LogP contribution >= 0.6 is 0 Å². The Labute approximate surface area is 145 Å². The Bertz CT molecular complexity index is 1020. The topological polar surface area (TPSA) is 66.2 Å². The molecule has 5 heteroatoms. The number of benzene rings is 3.